The molecule has 0 unspecified atom stereocenters. The molecule has 0 aromatic rings. The van der Waals surface area contributed by atoms with Gasteiger partial charge in [-0.05, 0) is 12.8 Å². The van der Waals surface area contributed by atoms with E-state index in [0.717, 1.165) is 19.3 Å². The standard InChI is InChI=1S/C11H21NO2/c1-4-6-8-11(7-5-2)9(12-11)10(13)14-3/h9,12H,4-8H2,1-3H3/t9-,11+/m1/s1. The van der Waals surface area contributed by atoms with Crippen molar-refractivity contribution in [2.75, 3.05) is 7.11 Å². The second-order valence-electron chi connectivity index (χ2n) is 4.11. The van der Waals surface area contributed by atoms with E-state index in [1.165, 1.54) is 20.0 Å². The van der Waals surface area contributed by atoms with E-state index >= 15 is 0 Å². The van der Waals surface area contributed by atoms with Crippen molar-refractivity contribution in [2.24, 2.45) is 0 Å². The third-order valence-electron chi connectivity index (χ3n) is 3.01. The number of esters is 1. The quantitative estimate of drug-likeness (QED) is 0.524. The van der Waals surface area contributed by atoms with Gasteiger partial charge in [-0.25, -0.2) is 0 Å². The summed E-state index contributed by atoms with van der Waals surface area (Å²) in [4.78, 5) is 11.3. The number of nitrogens with one attached hydrogen (secondary N) is 1. The summed E-state index contributed by atoms with van der Waals surface area (Å²) < 4.78 is 4.75. The molecule has 0 aliphatic carbocycles. The molecule has 3 nitrogen and oxygen atoms in total. The van der Waals surface area contributed by atoms with Crippen molar-refractivity contribution in [3.05, 3.63) is 0 Å². The number of hydrogen-bond donors (Lipinski definition) is 1. The Balaban J connectivity index is 2.47. The lowest BCUT2D eigenvalue weighted by Gasteiger charge is -2.12. The van der Waals surface area contributed by atoms with Crippen LogP contribution >= 0.6 is 0 Å². The molecule has 0 aromatic heterocycles. The lowest BCUT2D eigenvalue weighted by Crippen LogP contribution is -2.22. The Morgan fingerprint density at radius 2 is 2.07 bits per heavy atom. The van der Waals surface area contributed by atoms with Crippen molar-refractivity contribution in [3.63, 3.8) is 0 Å². The predicted octanol–water partition coefficient (Wildman–Crippen LogP) is 1.86. The molecule has 0 saturated carbocycles. The molecule has 0 aromatic carbocycles. The molecule has 0 bridgehead atoms. The van der Waals surface area contributed by atoms with Crippen LogP contribution in [0.2, 0.25) is 0 Å². The molecule has 1 aliphatic heterocycles. The van der Waals surface area contributed by atoms with Crippen molar-refractivity contribution in [1.82, 2.24) is 5.32 Å². The largest absolute Gasteiger partial charge is 0.468 e. The topological polar surface area (TPSA) is 48.2 Å². The SMILES string of the molecule is CCCC[C@]1(CCC)N[C@@H]1C(=O)OC. The third-order valence-corrected chi connectivity index (χ3v) is 3.01. The van der Waals surface area contributed by atoms with Crippen molar-refractivity contribution in [2.45, 2.75) is 57.5 Å². The molecule has 1 aliphatic rings. The summed E-state index contributed by atoms with van der Waals surface area (Å²) in [5.41, 5.74) is 0.0673. The third kappa shape index (κ3) is 2.27. The molecule has 14 heavy (non-hydrogen) atoms. The summed E-state index contributed by atoms with van der Waals surface area (Å²) in [7, 11) is 1.46. The molecule has 3 heteroatoms. The van der Waals surface area contributed by atoms with E-state index in [0.29, 0.717) is 0 Å². The monoisotopic (exact) mass is 199 g/mol. The van der Waals surface area contributed by atoms with Gasteiger partial charge in [0.05, 0.1) is 7.11 Å². The lowest BCUT2D eigenvalue weighted by molar-refractivity contribution is -0.140. The maximum Gasteiger partial charge on any atom is 0.324 e. The Morgan fingerprint density at radius 3 is 2.57 bits per heavy atom. The second-order valence-corrected chi connectivity index (χ2v) is 4.11. The molecule has 0 radical (unpaired) electrons. The molecule has 1 heterocycles. The summed E-state index contributed by atoms with van der Waals surface area (Å²) in [6.45, 7) is 4.33. The number of carbonyl (C=O) groups excluding carboxylic acids is 1. The van der Waals surface area contributed by atoms with Gasteiger partial charge >= 0.3 is 5.97 Å². The molecule has 2 atom stereocenters. The van der Waals surface area contributed by atoms with Gasteiger partial charge < -0.3 is 4.74 Å². The van der Waals surface area contributed by atoms with Gasteiger partial charge in [0.1, 0.15) is 6.04 Å². The smallest absolute Gasteiger partial charge is 0.324 e. The average Bonchev–Trinajstić information content (AvgIpc) is 2.90. The van der Waals surface area contributed by atoms with Gasteiger partial charge in [-0.2, -0.15) is 0 Å². The predicted molar refractivity (Wildman–Crippen MR) is 56.1 cm³/mol. The molecule has 1 rings (SSSR count). The van der Waals surface area contributed by atoms with Crippen molar-refractivity contribution in [3.8, 4) is 0 Å². The van der Waals surface area contributed by atoms with Crippen LogP contribution in [0.5, 0.6) is 0 Å². The summed E-state index contributed by atoms with van der Waals surface area (Å²) in [6.07, 6.45) is 5.65. The highest BCUT2D eigenvalue weighted by Gasteiger charge is 2.56. The van der Waals surface area contributed by atoms with Gasteiger partial charge in [-0.1, -0.05) is 33.1 Å². The Hall–Kier alpha value is -0.570. The van der Waals surface area contributed by atoms with Crippen LogP contribution in [0.4, 0.5) is 0 Å². The van der Waals surface area contributed by atoms with Gasteiger partial charge in [-0.3, -0.25) is 10.1 Å². The zero-order valence-corrected chi connectivity index (χ0v) is 9.43. The normalized spacial score (nSPS) is 30.1. The van der Waals surface area contributed by atoms with Crippen LogP contribution in [0.15, 0.2) is 0 Å². The highest BCUT2D eigenvalue weighted by Crippen LogP contribution is 2.37. The van der Waals surface area contributed by atoms with E-state index < -0.39 is 0 Å². The van der Waals surface area contributed by atoms with E-state index in [1.807, 2.05) is 0 Å². The number of unbranched alkanes of at least 4 members (excludes halogenated alkanes) is 1. The van der Waals surface area contributed by atoms with Gasteiger partial charge in [0.25, 0.3) is 0 Å². The summed E-state index contributed by atoms with van der Waals surface area (Å²) in [5.74, 6) is -0.102. The Kier molecular flexibility index (Phi) is 3.93. The van der Waals surface area contributed by atoms with E-state index in [9.17, 15) is 4.79 Å². The van der Waals surface area contributed by atoms with Crippen LogP contribution in [0.1, 0.15) is 46.0 Å². The van der Waals surface area contributed by atoms with Crippen molar-refractivity contribution < 1.29 is 9.53 Å². The van der Waals surface area contributed by atoms with E-state index in [4.69, 9.17) is 4.74 Å². The summed E-state index contributed by atoms with van der Waals surface area (Å²) >= 11 is 0. The molecular formula is C11H21NO2. The Bertz CT molecular complexity index is 205. The van der Waals surface area contributed by atoms with Crippen LogP contribution < -0.4 is 5.32 Å². The van der Waals surface area contributed by atoms with Gasteiger partial charge in [0.2, 0.25) is 0 Å². The molecule has 0 amide bonds. The summed E-state index contributed by atoms with van der Waals surface area (Å²) in [5, 5.41) is 3.29. The number of methoxy groups -OCH3 is 1. The van der Waals surface area contributed by atoms with Crippen LogP contribution in [0.3, 0.4) is 0 Å². The first kappa shape index (κ1) is 11.5. The van der Waals surface area contributed by atoms with Crippen molar-refractivity contribution in [1.29, 1.82) is 0 Å². The van der Waals surface area contributed by atoms with Crippen LogP contribution in [0, 0.1) is 0 Å². The molecule has 0 spiro atoms. The van der Waals surface area contributed by atoms with Gasteiger partial charge in [0.15, 0.2) is 0 Å². The molecule has 82 valence electrons. The number of carbonyl (C=O) groups is 1. The second kappa shape index (κ2) is 4.78. The number of hydrogen-bond acceptors (Lipinski definition) is 3. The van der Waals surface area contributed by atoms with Crippen LogP contribution in [0.25, 0.3) is 0 Å². The van der Waals surface area contributed by atoms with Gasteiger partial charge in [-0.15, -0.1) is 0 Å². The van der Waals surface area contributed by atoms with E-state index in [-0.39, 0.29) is 17.6 Å². The summed E-state index contributed by atoms with van der Waals surface area (Å²) in [6, 6.07) is -0.0426. The van der Waals surface area contributed by atoms with Crippen LogP contribution in [-0.2, 0) is 9.53 Å². The first-order valence-electron chi connectivity index (χ1n) is 5.55. The maximum atomic E-state index is 11.3. The minimum atomic E-state index is -0.102. The Labute approximate surface area is 86.2 Å². The first-order valence-corrected chi connectivity index (χ1v) is 5.55. The van der Waals surface area contributed by atoms with E-state index in [1.54, 1.807) is 0 Å². The molecular weight excluding hydrogens is 178 g/mol. The highest BCUT2D eigenvalue weighted by molar-refractivity contribution is 5.81. The zero-order chi connectivity index (χ0) is 10.6. The van der Waals surface area contributed by atoms with Gasteiger partial charge in [0, 0.05) is 5.54 Å². The fourth-order valence-corrected chi connectivity index (χ4v) is 2.14. The minimum Gasteiger partial charge on any atom is -0.468 e. The number of ether oxygens (including phenoxy) is 1. The molecule has 1 fully saturated rings. The minimum absolute atomic E-state index is 0.0426. The first-order chi connectivity index (χ1) is 6.70. The maximum absolute atomic E-state index is 11.3. The van der Waals surface area contributed by atoms with E-state index in [2.05, 4.69) is 19.2 Å². The zero-order valence-electron chi connectivity index (χ0n) is 9.43. The molecule has 1 N–H and O–H groups in total. The molecule has 1 saturated heterocycles. The van der Waals surface area contributed by atoms with Crippen molar-refractivity contribution >= 4 is 5.97 Å². The number of rotatable bonds is 6. The average molecular weight is 199 g/mol. The fraction of sp³-hybridized carbons (Fsp3) is 0.909. The lowest BCUT2D eigenvalue weighted by atomic mass is 9.93. The highest BCUT2D eigenvalue weighted by atomic mass is 16.5. The Morgan fingerprint density at radius 1 is 1.36 bits per heavy atom. The fourth-order valence-electron chi connectivity index (χ4n) is 2.14. The van der Waals surface area contributed by atoms with Crippen LogP contribution in [-0.4, -0.2) is 24.7 Å².